The molecule has 2 N–H and O–H groups in total. The van der Waals surface area contributed by atoms with Gasteiger partial charge in [-0.15, -0.1) is 0 Å². The van der Waals surface area contributed by atoms with Crippen LogP contribution in [0.15, 0.2) is 46.6 Å². The van der Waals surface area contributed by atoms with Gasteiger partial charge >= 0.3 is 5.97 Å². The van der Waals surface area contributed by atoms with E-state index in [-0.39, 0.29) is 28.7 Å². The number of carboxylic acids is 1. The lowest BCUT2D eigenvalue weighted by atomic mass is 10.0. The molecule has 0 atom stereocenters. The topological polar surface area (TPSA) is 82.2 Å². The molecule has 6 heteroatoms. The molecule has 0 aliphatic carbocycles. The first-order valence-corrected chi connectivity index (χ1v) is 6.66. The Morgan fingerprint density at radius 1 is 1.09 bits per heavy atom. The number of hydrogen-bond acceptors (Lipinski definition) is 4. The largest absolute Gasteiger partial charge is 0.507 e. The van der Waals surface area contributed by atoms with Gasteiger partial charge in [-0.1, -0.05) is 13.8 Å². The SMILES string of the molecule is CC(C)c1cc(/N=N\c2ccc(O)c(C(=O)O)c2)ccc1F. The van der Waals surface area contributed by atoms with Crippen LogP contribution in [0.25, 0.3) is 0 Å². The molecule has 5 nitrogen and oxygen atoms in total. The Hall–Kier alpha value is -2.76. The summed E-state index contributed by atoms with van der Waals surface area (Å²) >= 11 is 0. The van der Waals surface area contributed by atoms with E-state index in [4.69, 9.17) is 5.11 Å². The molecule has 0 aliphatic rings. The minimum atomic E-state index is -1.25. The molecule has 0 aromatic heterocycles. The Labute approximate surface area is 126 Å². The summed E-state index contributed by atoms with van der Waals surface area (Å²) in [5.41, 5.74) is 1.03. The van der Waals surface area contributed by atoms with Crippen LogP contribution in [0.5, 0.6) is 5.75 Å². The molecule has 2 aromatic carbocycles. The smallest absolute Gasteiger partial charge is 0.339 e. The Morgan fingerprint density at radius 3 is 2.27 bits per heavy atom. The van der Waals surface area contributed by atoms with Crippen LogP contribution in [0.3, 0.4) is 0 Å². The van der Waals surface area contributed by atoms with E-state index in [1.165, 1.54) is 30.3 Å². The zero-order valence-electron chi connectivity index (χ0n) is 12.1. The molecule has 0 radical (unpaired) electrons. The summed E-state index contributed by atoms with van der Waals surface area (Å²) < 4.78 is 13.6. The minimum Gasteiger partial charge on any atom is -0.507 e. The summed E-state index contributed by atoms with van der Waals surface area (Å²) in [6.07, 6.45) is 0. The molecule has 0 bridgehead atoms. The van der Waals surface area contributed by atoms with Crippen LogP contribution < -0.4 is 0 Å². The predicted octanol–water partition coefficient (Wildman–Crippen LogP) is 4.77. The van der Waals surface area contributed by atoms with E-state index < -0.39 is 5.97 Å². The van der Waals surface area contributed by atoms with Gasteiger partial charge in [-0.2, -0.15) is 10.2 Å². The van der Waals surface area contributed by atoms with Crippen molar-refractivity contribution >= 4 is 17.3 Å². The van der Waals surface area contributed by atoms with Gasteiger partial charge in [-0.25, -0.2) is 9.18 Å². The van der Waals surface area contributed by atoms with Gasteiger partial charge in [0.1, 0.15) is 17.1 Å². The Morgan fingerprint density at radius 2 is 1.68 bits per heavy atom. The average molecular weight is 302 g/mol. The van der Waals surface area contributed by atoms with E-state index in [1.807, 2.05) is 13.8 Å². The number of halogens is 1. The van der Waals surface area contributed by atoms with Crippen molar-refractivity contribution in [2.45, 2.75) is 19.8 Å². The van der Waals surface area contributed by atoms with Gasteiger partial charge < -0.3 is 10.2 Å². The molecule has 2 aromatic rings. The van der Waals surface area contributed by atoms with Crippen molar-refractivity contribution in [1.82, 2.24) is 0 Å². The molecule has 2 rings (SSSR count). The van der Waals surface area contributed by atoms with E-state index in [9.17, 15) is 14.3 Å². The summed E-state index contributed by atoms with van der Waals surface area (Å²) in [6, 6.07) is 8.31. The van der Waals surface area contributed by atoms with Crippen LogP contribution >= 0.6 is 0 Å². The normalized spacial score (nSPS) is 11.3. The van der Waals surface area contributed by atoms with Crippen molar-refractivity contribution in [3.63, 3.8) is 0 Å². The van der Waals surface area contributed by atoms with Crippen LogP contribution in [-0.4, -0.2) is 16.2 Å². The van der Waals surface area contributed by atoms with Crippen molar-refractivity contribution in [3.05, 3.63) is 53.3 Å². The molecule has 0 unspecified atom stereocenters. The first-order chi connectivity index (χ1) is 10.4. The lowest BCUT2D eigenvalue weighted by Crippen LogP contribution is -1.95. The number of aromatic carboxylic acids is 1. The lowest BCUT2D eigenvalue weighted by molar-refractivity contribution is 0.0694. The van der Waals surface area contributed by atoms with Crippen LogP contribution in [0.4, 0.5) is 15.8 Å². The third-order valence-corrected chi connectivity index (χ3v) is 3.09. The molecule has 0 saturated heterocycles. The fourth-order valence-corrected chi connectivity index (χ4v) is 1.91. The maximum Gasteiger partial charge on any atom is 0.339 e. The zero-order valence-corrected chi connectivity index (χ0v) is 12.1. The second-order valence-corrected chi connectivity index (χ2v) is 5.07. The van der Waals surface area contributed by atoms with E-state index in [0.29, 0.717) is 11.3 Å². The number of carbonyl (C=O) groups is 1. The van der Waals surface area contributed by atoms with Gasteiger partial charge in [0.25, 0.3) is 0 Å². The number of aromatic hydroxyl groups is 1. The fraction of sp³-hybridized carbons (Fsp3) is 0.188. The second kappa shape index (κ2) is 6.34. The quantitative estimate of drug-likeness (QED) is 0.798. The Kier molecular flexibility index (Phi) is 4.50. The highest BCUT2D eigenvalue weighted by molar-refractivity contribution is 5.91. The molecule has 0 aliphatic heterocycles. The molecular formula is C16H15FN2O3. The van der Waals surface area contributed by atoms with Crippen LogP contribution in [-0.2, 0) is 0 Å². The minimum absolute atomic E-state index is 0.0161. The van der Waals surface area contributed by atoms with E-state index in [1.54, 1.807) is 6.07 Å². The van der Waals surface area contributed by atoms with Crippen molar-refractivity contribution in [3.8, 4) is 5.75 Å². The second-order valence-electron chi connectivity index (χ2n) is 5.07. The summed E-state index contributed by atoms with van der Waals surface area (Å²) in [5, 5.41) is 26.2. The highest BCUT2D eigenvalue weighted by Gasteiger charge is 2.10. The number of benzene rings is 2. The third-order valence-electron chi connectivity index (χ3n) is 3.09. The van der Waals surface area contributed by atoms with Crippen LogP contribution in [0.1, 0.15) is 35.7 Å². The molecule has 22 heavy (non-hydrogen) atoms. The molecular weight excluding hydrogens is 287 g/mol. The maximum absolute atomic E-state index is 13.6. The summed E-state index contributed by atoms with van der Waals surface area (Å²) in [6.45, 7) is 3.75. The highest BCUT2D eigenvalue weighted by atomic mass is 19.1. The molecule has 0 amide bonds. The number of carboxylic acid groups (broad SMARTS) is 1. The van der Waals surface area contributed by atoms with E-state index in [0.717, 1.165) is 0 Å². The summed E-state index contributed by atoms with van der Waals surface area (Å²) in [5.74, 6) is -1.87. The molecule has 0 fully saturated rings. The first kappa shape index (κ1) is 15.6. The average Bonchev–Trinajstić information content (AvgIpc) is 2.47. The first-order valence-electron chi connectivity index (χ1n) is 6.66. The number of azo groups is 1. The van der Waals surface area contributed by atoms with Crippen molar-refractivity contribution in [2.24, 2.45) is 10.2 Å². The van der Waals surface area contributed by atoms with Gasteiger partial charge in [0.2, 0.25) is 0 Å². The fourth-order valence-electron chi connectivity index (χ4n) is 1.91. The van der Waals surface area contributed by atoms with Gasteiger partial charge in [0, 0.05) is 0 Å². The van der Waals surface area contributed by atoms with Crippen molar-refractivity contribution < 1.29 is 19.4 Å². The standard InChI is InChI=1S/C16H15FN2O3/c1-9(2)12-7-10(3-5-14(12)17)18-19-11-4-6-15(20)13(8-11)16(21)22/h3-9,20H,1-2H3,(H,21,22)/b19-18-. The Bertz CT molecular complexity index is 742. The number of phenols is 1. The highest BCUT2D eigenvalue weighted by Crippen LogP contribution is 2.27. The van der Waals surface area contributed by atoms with Gasteiger partial charge in [-0.3, -0.25) is 0 Å². The predicted molar refractivity (Wildman–Crippen MR) is 79.7 cm³/mol. The number of rotatable bonds is 4. The molecule has 0 heterocycles. The number of hydrogen-bond donors (Lipinski definition) is 2. The van der Waals surface area contributed by atoms with E-state index >= 15 is 0 Å². The molecule has 0 spiro atoms. The molecule has 114 valence electrons. The summed E-state index contributed by atoms with van der Waals surface area (Å²) in [4.78, 5) is 10.9. The molecule has 0 saturated carbocycles. The van der Waals surface area contributed by atoms with Crippen molar-refractivity contribution in [1.29, 1.82) is 0 Å². The van der Waals surface area contributed by atoms with Crippen molar-refractivity contribution in [2.75, 3.05) is 0 Å². The lowest BCUT2D eigenvalue weighted by Gasteiger charge is -2.07. The third kappa shape index (κ3) is 3.46. The maximum atomic E-state index is 13.6. The van der Waals surface area contributed by atoms with Gasteiger partial charge in [-0.05, 0) is 47.9 Å². The summed E-state index contributed by atoms with van der Waals surface area (Å²) in [7, 11) is 0. The number of nitrogens with zero attached hydrogens (tertiary/aromatic N) is 2. The van der Waals surface area contributed by atoms with Crippen LogP contribution in [0, 0.1) is 5.82 Å². The monoisotopic (exact) mass is 302 g/mol. The van der Waals surface area contributed by atoms with Gasteiger partial charge in [0.05, 0.1) is 11.4 Å². The van der Waals surface area contributed by atoms with Gasteiger partial charge in [0.15, 0.2) is 0 Å². The Balaban J connectivity index is 2.31. The zero-order chi connectivity index (χ0) is 16.3. The van der Waals surface area contributed by atoms with E-state index in [2.05, 4.69) is 10.2 Å². The van der Waals surface area contributed by atoms with Crippen LogP contribution in [0.2, 0.25) is 0 Å².